The van der Waals surface area contributed by atoms with Crippen LogP contribution in [0.4, 0.5) is 13.2 Å². The molecule has 8 heteroatoms. The molecule has 4 nitrogen and oxygen atoms in total. The van der Waals surface area contributed by atoms with Crippen molar-refractivity contribution in [3.8, 4) is 5.75 Å². The third-order valence-corrected chi connectivity index (χ3v) is 7.37. The van der Waals surface area contributed by atoms with Gasteiger partial charge in [-0.15, -0.1) is 13.2 Å². The van der Waals surface area contributed by atoms with Gasteiger partial charge in [0.15, 0.2) is 0 Å². The predicted octanol–water partition coefficient (Wildman–Crippen LogP) is 3.83. The molecular formula is C17H20F3NO3S. The van der Waals surface area contributed by atoms with Crippen LogP contribution in [-0.4, -0.2) is 20.3 Å². The number of hydrogen-bond acceptors (Lipinski definition) is 3. The molecular weight excluding hydrogens is 355 g/mol. The van der Waals surface area contributed by atoms with E-state index in [9.17, 15) is 21.6 Å². The smallest absolute Gasteiger partial charge is 0.404 e. The molecule has 0 aliphatic heterocycles. The van der Waals surface area contributed by atoms with Gasteiger partial charge in [0, 0.05) is 5.54 Å². The van der Waals surface area contributed by atoms with Gasteiger partial charge in [0.2, 0.25) is 10.0 Å². The molecule has 4 aliphatic rings. The molecule has 0 unspecified atom stereocenters. The number of rotatable bonds is 4. The van der Waals surface area contributed by atoms with Crippen molar-refractivity contribution in [3.63, 3.8) is 0 Å². The van der Waals surface area contributed by atoms with E-state index in [1.54, 1.807) is 0 Å². The van der Waals surface area contributed by atoms with Crippen molar-refractivity contribution in [1.82, 2.24) is 4.72 Å². The number of ether oxygens (including phenoxy) is 1. The highest BCUT2D eigenvalue weighted by Gasteiger charge is 2.52. The Morgan fingerprint density at radius 2 is 1.52 bits per heavy atom. The standard InChI is InChI=1S/C17H20F3NO3S/c18-17(19,20)24-14-3-1-2-4-15(14)25(22,23)21-16-8-11-5-12(9-16)7-13(6-11)10-16/h1-4,11-13,21H,5-10H2. The Balaban J connectivity index is 1.63. The fraction of sp³-hybridized carbons (Fsp3) is 0.647. The summed E-state index contributed by atoms with van der Waals surface area (Å²) in [4.78, 5) is -0.455. The first-order chi connectivity index (χ1) is 11.6. The quantitative estimate of drug-likeness (QED) is 0.870. The topological polar surface area (TPSA) is 55.4 Å². The van der Waals surface area contributed by atoms with Gasteiger partial charge in [-0.2, -0.15) is 0 Å². The lowest BCUT2D eigenvalue weighted by Gasteiger charge is -2.56. The Morgan fingerprint density at radius 1 is 1.00 bits per heavy atom. The van der Waals surface area contributed by atoms with E-state index in [4.69, 9.17) is 0 Å². The van der Waals surface area contributed by atoms with Gasteiger partial charge in [0.25, 0.3) is 0 Å². The van der Waals surface area contributed by atoms with Crippen molar-refractivity contribution in [3.05, 3.63) is 24.3 Å². The third kappa shape index (κ3) is 3.38. The number of alkyl halides is 3. The molecule has 1 N–H and O–H groups in total. The van der Waals surface area contributed by atoms with E-state index >= 15 is 0 Å². The van der Waals surface area contributed by atoms with E-state index in [0.29, 0.717) is 17.8 Å². The molecule has 4 fully saturated rings. The second-order valence-electron chi connectivity index (χ2n) is 7.80. The summed E-state index contributed by atoms with van der Waals surface area (Å²) in [5.74, 6) is 0.883. The average Bonchev–Trinajstić information content (AvgIpc) is 2.43. The summed E-state index contributed by atoms with van der Waals surface area (Å²) < 4.78 is 70.2. The fourth-order valence-corrected chi connectivity index (χ4v) is 7.02. The average molecular weight is 375 g/mol. The summed E-state index contributed by atoms with van der Waals surface area (Å²) in [5.41, 5.74) is -0.515. The van der Waals surface area contributed by atoms with Gasteiger partial charge in [-0.3, -0.25) is 0 Å². The molecule has 4 saturated carbocycles. The highest BCUT2D eigenvalue weighted by molar-refractivity contribution is 7.89. The van der Waals surface area contributed by atoms with Crippen molar-refractivity contribution in [2.24, 2.45) is 17.8 Å². The minimum atomic E-state index is -4.94. The molecule has 0 heterocycles. The van der Waals surface area contributed by atoms with Gasteiger partial charge in [0.05, 0.1) is 0 Å². The van der Waals surface area contributed by atoms with Crippen LogP contribution in [0.3, 0.4) is 0 Å². The van der Waals surface area contributed by atoms with Crippen LogP contribution in [0.5, 0.6) is 5.75 Å². The molecule has 1 aromatic rings. The van der Waals surface area contributed by atoms with Crippen molar-refractivity contribution < 1.29 is 26.3 Å². The van der Waals surface area contributed by atoms with Crippen LogP contribution >= 0.6 is 0 Å². The van der Waals surface area contributed by atoms with E-state index < -0.39 is 32.6 Å². The molecule has 4 aliphatic carbocycles. The molecule has 1 aromatic carbocycles. The number of sulfonamides is 1. The van der Waals surface area contributed by atoms with Gasteiger partial charge in [0.1, 0.15) is 10.6 Å². The lowest BCUT2D eigenvalue weighted by atomic mass is 9.53. The van der Waals surface area contributed by atoms with Crippen LogP contribution < -0.4 is 9.46 Å². The van der Waals surface area contributed by atoms with Crippen molar-refractivity contribution in [2.75, 3.05) is 0 Å². The minimum absolute atomic E-state index is 0.455. The largest absolute Gasteiger partial charge is 0.573 e. The van der Waals surface area contributed by atoms with Crippen LogP contribution in [0, 0.1) is 17.8 Å². The molecule has 25 heavy (non-hydrogen) atoms. The maximum absolute atomic E-state index is 12.9. The summed E-state index contributed by atoms with van der Waals surface area (Å²) in [6.07, 6.45) is 0.839. The van der Waals surface area contributed by atoms with Crippen LogP contribution in [0.15, 0.2) is 29.2 Å². The van der Waals surface area contributed by atoms with E-state index in [2.05, 4.69) is 9.46 Å². The van der Waals surface area contributed by atoms with Crippen LogP contribution in [0.2, 0.25) is 0 Å². The number of halogens is 3. The SMILES string of the molecule is O=S(=O)(NC12CC3CC(CC(C3)C1)C2)c1ccccc1OC(F)(F)F. The van der Waals surface area contributed by atoms with Gasteiger partial charge >= 0.3 is 6.36 Å². The first-order valence-corrected chi connectivity index (χ1v) is 10.0. The zero-order chi connectivity index (χ0) is 17.9. The Kier molecular flexibility index (Phi) is 3.85. The van der Waals surface area contributed by atoms with E-state index in [0.717, 1.165) is 50.7 Å². The molecule has 4 bridgehead atoms. The zero-order valence-electron chi connectivity index (χ0n) is 13.6. The summed E-state index contributed by atoms with van der Waals surface area (Å²) in [5, 5.41) is 0. The lowest BCUT2D eigenvalue weighted by Crippen LogP contribution is -2.59. The van der Waals surface area contributed by atoms with Gasteiger partial charge in [-0.1, -0.05) is 12.1 Å². The van der Waals surface area contributed by atoms with Crippen molar-refractivity contribution in [1.29, 1.82) is 0 Å². The first-order valence-electron chi connectivity index (χ1n) is 8.53. The number of para-hydroxylation sites is 1. The molecule has 0 saturated heterocycles. The molecule has 0 amide bonds. The molecule has 0 radical (unpaired) electrons. The molecule has 0 aromatic heterocycles. The number of nitrogens with one attached hydrogen (secondary N) is 1. The third-order valence-electron chi connectivity index (χ3n) is 5.75. The van der Waals surface area contributed by atoms with E-state index in [-0.39, 0.29) is 0 Å². The maximum atomic E-state index is 12.9. The molecule has 0 spiro atoms. The minimum Gasteiger partial charge on any atom is -0.404 e. The zero-order valence-corrected chi connectivity index (χ0v) is 14.4. The Morgan fingerprint density at radius 3 is 2.04 bits per heavy atom. The van der Waals surface area contributed by atoms with Crippen LogP contribution in [0.1, 0.15) is 38.5 Å². The normalized spacial score (nSPS) is 34.3. The highest BCUT2D eigenvalue weighted by atomic mass is 32.2. The summed E-state index contributed by atoms with van der Waals surface area (Å²) in [6, 6.07) is 4.91. The van der Waals surface area contributed by atoms with Crippen LogP contribution in [-0.2, 0) is 10.0 Å². The Labute approximate surface area is 144 Å². The van der Waals surface area contributed by atoms with E-state index in [1.807, 2.05) is 0 Å². The predicted molar refractivity (Wildman–Crippen MR) is 84.3 cm³/mol. The molecule has 5 rings (SSSR count). The van der Waals surface area contributed by atoms with Crippen LogP contribution in [0.25, 0.3) is 0 Å². The summed E-state index contributed by atoms with van der Waals surface area (Å²) in [7, 11) is -4.10. The van der Waals surface area contributed by atoms with Gasteiger partial charge < -0.3 is 4.74 Å². The Hall–Kier alpha value is -1.28. The highest BCUT2D eigenvalue weighted by Crippen LogP contribution is 2.56. The van der Waals surface area contributed by atoms with Crippen molar-refractivity contribution >= 4 is 10.0 Å². The van der Waals surface area contributed by atoms with Gasteiger partial charge in [-0.25, -0.2) is 13.1 Å². The lowest BCUT2D eigenvalue weighted by molar-refractivity contribution is -0.275. The van der Waals surface area contributed by atoms with Crippen molar-refractivity contribution in [2.45, 2.75) is 55.3 Å². The van der Waals surface area contributed by atoms with E-state index in [1.165, 1.54) is 12.1 Å². The number of hydrogen-bond donors (Lipinski definition) is 1. The molecule has 0 atom stereocenters. The summed E-state index contributed by atoms with van der Waals surface area (Å²) >= 11 is 0. The van der Waals surface area contributed by atoms with Gasteiger partial charge in [-0.05, 0) is 68.4 Å². The molecule has 138 valence electrons. The maximum Gasteiger partial charge on any atom is 0.573 e. The second kappa shape index (κ2) is 5.61. The first kappa shape index (κ1) is 17.1. The second-order valence-corrected chi connectivity index (χ2v) is 9.45. The summed E-state index contributed by atoms with van der Waals surface area (Å²) in [6.45, 7) is 0. The monoisotopic (exact) mass is 375 g/mol. The number of benzene rings is 1. The fourth-order valence-electron chi connectivity index (χ4n) is 5.46. The Bertz CT molecular complexity index is 740.